The van der Waals surface area contributed by atoms with Crippen LogP contribution in [0, 0.1) is 0 Å². The van der Waals surface area contributed by atoms with Crippen LogP contribution >= 0.6 is 23.2 Å². The Labute approximate surface area is 130 Å². The molecule has 104 valence electrons. The van der Waals surface area contributed by atoms with E-state index in [0.29, 0.717) is 5.82 Å². The van der Waals surface area contributed by atoms with E-state index in [4.69, 9.17) is 23.2 Å². The first-order chi connectivity index (χ1) is 10.1. The Balaban J connectivity index is 1.94. The molecule has 0 atom stereocenters. The van der Waals surface area contributed by atoms with Gasteiger partial charge in [-0.05, 0) is 11.5 Å². The monoisotopic (exact) mass is 318 g/mol. The van der Waals surface area contributed by atoms with Crippen molar-refractivity contribution in [3.8, 4) is 0 Å². The molecular formula is C14H8Cl2N4O. The summed E-state index contributed by atoms with van der Waals surface area (Å²) in [7, 11) is 0. The van der Waals surface area contributed by atoms with E-state index in [1.54, 1.807) is 6.07 Å². The molecule has 1 N–H and O–H groups in total. The van der Waals surface area contributed by atoms with Crippen LogP contribution in [0.25, 0.3) is 10.8 Å². The second-order valence-corrected chi connectivity index (χ2v) is 4.94. The first-order valence-corrected chi connectivity index (χ1v) is 6.73. The summed E-state index contributed by atoms with van der Waals surface area (Å²) < 4.78 is 0. The summed E-state index contributed by atoms with van der Waals surface area (Å²) in [5.74, 6) is -0.122. The summed E-state index contributed by atoms with van der Waals surface area (Å²) in [6.07, 6.45) is 1.26. The van der Waals surface area contributed by atoms with Gasteiger partial charge in [0.05, 0.1) is 0 Å². The smallest absolute Gasteiger partial charge is 0.275 e. The minimum absolute atomic E-state index is 0.202. The molecule has 7 heteroatoms. The predicted octanol–water partition coefficient (Wildman–Crippen LogP) is 3.58. The number of benzene rings is 1. The number of rotatable bonds is 2. The molecular weight excluding hydrogens is 311 g/mol. The van der Waals surface area contributed by atoms with E-state index in [9.17, 15) is 4.79 Å². The lowest BCUT2D eigenvalue weighted by molar-refractivity contribution is 0.102. The molecule has 21 heavy (non-hydrogen) atoms. The SMILES string of the molecule is O=C(Nc1cc(Cl)ncn1)c1cc2ccccc2c(Cl)n1. The number of fused-ring (bicyclic) bond motifs is 1. The van der Waals surface area contributed by atoms with E-state index in [2.05, 4.69) is 20.3 Å². The number of hydrogen-bond acceptors (Lipinski definition) is 4. The second-order valence-electron chi connectivity index (χ2n) is 4.20. The third kappa shape index (κ3) is 2.94. The molecule has 1 aromatic carbocycles. The third-order valence-electron chi connectivity index (χ3n) is 2.80. The van der Waals surface area contributed by atoms with Gasteiger partial charge in [0.2, 0.25) is 0 Å². The molecule has 3 rings (SSSR count). The van der Waals surface area contributed by atoms with Gasteiger partial charge in [0.1, 0.15) is 28.1 Å². The van der Waals surface area contributed by atoms with Gasteiger partial charge in [-0.25, -0.2) is 15.0 Å². The van der Waals surface area contributed by atoms with Crippen LogP contribution in [0.1, 0.15) is 10.5 Å². The highest BCUT2D eigenvalue weighted by atomic mass is 35.5. The molecule has 0 fully saturated rings. The van der Waals surface area contributed by atoms with Gasteiger partial charge in [0.25, 0.3) is 5.91 Å². The Morgan fingerprint density at radius 3 is 2.71 bits per heavy atom. The highest BCUT2D eigenvalue weighted by Gasteiger charge is 2.12. The molecule has 3 aromatic rings. The largest absolute Gasteiger partial charge is 0.305 e. The molecule has 2 heterocycles. The second kappa shape index (κ2) is 5.63. The Kier molecular flexibility index (Phi) is 3.68. The fourth-order valence-electron chi connectivity index (χ4n) is 1.85. The third-order valence-corrected chi connectivity index (χ3v) is 3.30. The summed E-state index contributed by atoms with van der Waals surface area (Å²) in [4.78, 5) is 23.9. The number of anilines is 1. The lowest BCUT2D eigenvalue weighted by Crippen LogP contribution is -2.14. The Morgan fingerprint density at radius 2 is 1.90 bits per heavy atom. The van der Waals surface area contributed by atoms with Crippen LogP contribution in [0.3, 0.4) is 0 Å². The zero-order valence-corrected chi connectivity index (χ0v) is 12.1. The van der Waals surface area contributed by atoms with Gasteiger partial charge in [0, 0.05) is 11.5 Å². The van der Waals surface area contributed by atoms with E-state index in [0.717, 1.165) is 10.8 Å². The fourth-order valence-corrected chi connectivity index (χ4v) is 2.27. The number of aromatic nitrogens is 3. The van der Waals surface area contributed by atoms with E-state index >= 15 is 0 Å². The normalized spacial score (nSPS) is 10.6. The van der Waals surface area contributed by atoms with Gasteiger partial charge in [-0.15, -0.1) is 0 Å². The quantitative estimate of drug-likeness (QED) is 0.579. The van der Waals surface area contributed by atoms with Gasteiger partial charge < -0.3 is 5.32 Å². The Morgan fingerprint density at radius 1 is 1.10 bits per heavy atom. The van der Waals surface area contributed by atoms with E-state index in [1.165, 1.54) is 12.4 Å². The standard InChI is InChI=1S/C14H8Cl2N4O/c15-11-6-12(18-7-17-11)20-14(21)10-5-8-3-1-2-4-9(8)13(16)19-10/h1-7H,(H,17,18,20,21). The first kappa shape index (κ1) is 13.7. The topological polar surface area (TPSA) is 67.8 Å². The Hall–Kier alpha value is -2.24. The van der Waals surface area contributed by atoms with Crippen molar-refractivity contribution in [1.82, 2.24) is 15.0 Å². The number of amides is 1. The minimum atomic E-state index is -0.419. The molecule has 0 aliphatic rings. The Bertz CT molecular complexity index is 838. The highest BCUT2D eigenvalue weighted by molar-refractivity contribution is 6.34. The number of halogens is 2. The lowest BCUT2D eigenvalue weighted by Gasteiger charge is -2.06. The molecule has 1 amide bonds. The maximum Gasteiger partial charge on any atom is 0.275 e. The van der Waals surface area contributed by atoms with Gasteiger partial charge in [-0.1, -0.05) is 47.5 Å². The van der Waals surface area contributed by atoms with E-state index in [1.807, 2.05) is 24.3 Å². The van der Waals surface area contributed by atoms with Crippen LogP contribution in [-0.4, -0.2) is 20.9 Å². The fraction of sp³-hybridized carbons (Fsp3) is 0. The molecule has 5 nitrogen and oxygen atoms in total. The molecule has 0 spiro atoms. The number of nitrogens with zero attached hydrogens (tertiary/aromatic N) is 3. The highest BCUT2D eigenvalue weighted by Crippen LogP contribution is 2.22. The number of pyridine rings is 1. The summed E-state index contributed by atoms with van der Waals surface area (Å²) in [5.41, 5.74) is 0.202. The maximum absolute atomic E-state index is 12.2. The van der Waals surface area contributed by atoms with Crippen molar-refractivity contribution in [2.45, 2.75) is 0 Å². The van der Waals surface area contributed by atoms with Crippen LogP contribution in [0.15, 0.2) is 42.7 Å². The van der Waals surface area contributed by atoms with Crippen LogP contribution in [0.2, 0.25) is 10.3 Å². The minimum Gasteiger partial charge on any atom is -0.305 e. The molecule has 0 saturated heterocycles. The molecule has 0 aliphatic carbocycles. The summed E-state index contributed by atoms with van der Waals surface area (Å²) >= 11 is 11.8. The average Bonchev–Trinajstić information content (AvgIpc) is 2.47. The van der Waals surface area contributed by atoms with Crippen LogP contribution in [0.5, 0.6) is 0 Å². The van der Waals surface area contributed by atoms with Gasteiger partial charge in [-0.3, -0.25) is 4.79 Å². The molecule has 0 unspecified atom stereocenters. The van der Waals surface area contributed by atoms with Crippen molar-refractivity contribution in [3.63, 3.8) is 0 Å². The van der Waals surface area contributed by atoms with E-state index < -0.39 is 5.91 Å². The zero-order valence-electron chi connectivity index (χ0n) is 10.5. The molecule has 0 radical (unpaired) electrons. The molecule has 0 bridgehead atoms. The molecule has 0 aliphatic heterocycles. The maximum atomic E-state index is 12.2. The van der Waals surface area contributed by atoms with Crippen LogP contribution < -0.4 is 5.32 Å². The number of hydrogen-bond donors (Lipinski definition) is 1. The first-order valence-electron chi connectivity index (χ1n) is 5.97. The average molecular weight is 319 g/mol. The molecule has 2 aromatic heterocycles. The van der Waals surface area contributed by atoms with Crippen LogP contribution in [-0.2, 0) is 0 Å². The summed E-state index contributed by atoms with van der Waals surface area (Å²) in [6, 6.07) is 10.5. The number of carbonyl (C=O) groups is 1. The van der Waals surface area contributed by atoms with Crippen molar-refractivity contribution in [2.24, 2.45) is 0 Å². The summed E-state index contributed by atoms with van der Waals surface area (Å²) in [5, 5.41) is 4.74. The number of nitrogens with one attached hydrogen (secondary N) is 1. The van der Waals surface area contributed by atoms with Gasteiger partial charge >= 0.3 is 0 Å². The van der Waals surface area contributed by atoms with Crippen molar-refractivity contribution in [1.29, 1.82) is 0 Å². The van der Waals surface area contributed by atoms with Crippen LogP contribution in [0.4, 0.5) is 5.82 Å². The summed E-state index contributed by atoms with van der Waals surface area (Å²) in [6.45, 7) is 0. The van der Waals surface area contributed by atoms with Crippen molar-refractivity contribution < 1.29 is 4.79 Å². The van der Waals surface area contributed by atoms with Crippen molar-refractivity contribution >= 4 is 45.7 Å². The number of carbonyl (C=O) groups excluding carboxylic acids is 1. The van der Waals surface area contributed by atoms with E-state index in [-0.39, 0.29) is 16.0 Å². The zero-order chi connectivity index (χ0) is 14.8. The predicted molar refractivity (Wildman–Crippen MR) is 81.7 cm³/mol. The molecule has 0 saturated carbocycles. The van der Waals surface area contributed by atoms with Crippen molar-refractivity contribution in [2.75, 3.05) is 5.32 Å². The van der Waals surface area contributed by atoms with Gasteiger partial charge in [-0.2, -0.15) is 0 Å². The van der Waals surface area contributed by atoms with Gasteiger partial charge in [0.15, 0.2) is 0 Å². The van der Waals surface area contributed by atoms with Crippen molar-refractivity contribution in [3.05, 3.63) is 58.7 Å². The lowest BCUT2D eigenvalue weighted by atomic mass is 10.1.